The Kier molecular flexibility index (Phi) is 3.56. The van der Waals surface area contributed by atoms with Gasteiger partial charge in [-0.25, -0.2) is 9.67 Å². The molecule has 23 heavy (non-hydrogen) atoms. The van der Waals surface area contributed by atoms with Crippen molar-refractivity contribution in [2.75, 3.05) is 0 Å². The van der Waals surface area contributed by atoms with Crippen molar-refractivity contribution in [3.63, 3.8) is 0 Å². The second kappa shape index (κ2) is 5.73. The van der Waals surface area contributed by atoms with Crippen molar-refractivity contribution >= 4 is 33.6 Å². The molecule has 0 spiro atoms. The van der Waals surface area contributed by atoms with Gasteiger partial charge < -0.3 is 4.57 Å². The average molecular weight is 416 g/mol. The molecule has 0 radical (unpaired) electrons. The van der Waals surface area contributed by atoms with Gasteiger partial charge in [-0.15, -0.1) is 5.10 Å². The lowest BCUT2D eigenvalue weighted by Crippen LogP contribution is -2.02. The fourth-order valence-corrected chi connectivity index (χ4v) is 3.10. The summed E-state index contributed by atoms with van der Waals surface area (Å²) >= 11 is 2.32. The molecule has 0 saturated heterocycles. The van der Waals surface area contributed by atoms with Crippen LogP contribution in [0.3, 0.4) is 0 Å². The number of hydrogen-bond donors (Lipinski definition) is 0. The first-order valence-electron chi connectivity index (χ1n) is 7.11. The lowest BCUT2D eigenvalue weighted by atomic mass is 10.2. The Morgan fingerprint density at radius 3 is 2.91 bits per heavy atom. The molecule has 0 atom stereocenters. The van der Waals surface area contributed by atoms with Crippen LogP contribution in [0.5, 0.6) is 0 Å². The zero-order chi connectivity index (χ0) is 15.8. The maximum atomic E-state index is 4.75. The second-order valence-corrected chi connectivity index (χ2v) is 6.56. The molecule has 3 aromatic heterocycles. The molecule has 0 saturated carbocycles. The highest BCUT2D eigenvalue weighted by Crippen LogP contribution is 2.25. The minimum absolute atomic E-state index is 0.642. The molecule has 0 aliphatic heterocycles. The number of hydrogen-bond acceptors (Lipinski definition) is 4. The van der Waals surface area contributed by atoms with E-state index in [2.05, 4.69) is 60.7 Å². The smallest absolute Gasteiger partial charge is 0.142 e. The largest absolute Gasteiger partial charge is 0.327 e. The molecular formula is C16H13IN6. The maximum Gasteiger partial charge on any atom is 0.142 e. The van der Waals surface area contributed by atoms with Gasteiger partial charge in [0.1, 0.15) is 5.82 Å². The number of fused-ring (bicyclic) bond motifs is 1. The zero-order valence-corrected chi connectivity index (χ0v) is 14.5. The highest BCUT2D eigenvalue weighted by Gasteiger charge is 2.11. The number of halogens is 1. The normalized spacial score (nSPS) is 11.2. The Bertz CT molecular complexity index is 974. The quantitative estimate of drug-likeness (QED) is 0.482. The number of nitrogens with zero attached hydrogens (tertiary/aromatic N) is 6. The highest BCUT2D eigenvalue weighted by atomic mass is 127. The van der Waals surface area contributed by atoms with Gasteiger partial charge in [0.25, 0.3) is 0 Å². The van der Waals surface area contributed by atoms with Crippen LogP contribution < -0.4 is 0 Å². The van der Waals surface area contributed by atoms with Crippen molar-refractivity contribution in [2.45, 2.75) is 6.54 Å². The van der Waals surface area contributed by atoms with Crippen LogP contribution in [0.15, 0.2) is 49.1 Å². The number of pyridine rings is 1. The maximum absolute atomic E-state index is 4.75. The summed E-state index contributed by atoms with van der Waals surface area (Å²) in [6, 6.07) is 8.35. The van der Waals surface area contributed by atoms with Gasteiger partial charge in [0.2, 0.25) is 0 Å². The summed E-state index contributed by atoms with van der Waals surface area (Å²) in [5.74, 6) is 0.912. The van der Waals surface area contributed by atoms with E-state index < -0.39 is 0 Å². The third kappa shape index (κ3) is 2.72. The van der Waals surface area contributed by atoms with E-state index in [-0.39, 0.29) is 0 Å². The fraction of sp³-hybridized carbons (Fsp3) is 0.125. The van der Waals surface area contributed by atoms with E-state index in [1.807, 2.05) is 31.7 Å². The van der Waals surface area contributed by atoms with E-state index in [1.54, 1.807) is 10.9 Å². The van der Waals surface area contributed by atoms with Crippen molar-refractivity contribution in [3.05, 3.63) is 58.2 Å². The lowest BCUT2D eigenvalue weighted by molar-refractivity contribution is 0.648. The molecule has 0 bridgehead atoms. The van der Waals surface area contributed by atoms with E-state index in [1.165, 1.54) is 3.57 Å². The van der Waals surface area contributed by atoms with Crippen LogP contribution in [0.2, 0.25) is 0 Å². The van der Waals surface area contributed by atoms with Crippen LogP contribution in [-0.2, 0) is 13.6 Å². The summed E-state index contributed by atoms with van der Waals surface area (Å²) in [6.07, 6.45) is 7.20. The summed E-state index contributed by atoms with van der Waals surface area (Å²) in [5.41, 5.74) is 4.17. The summed E-state index contributed by atoms with van der Waals surface area (Å²) in [5, 5.41) is 7.82. The highest BCUT2D eigenvalue weighted by molar-refractivity contribution is 14.1. The van der Waals surface area contributed by atoms with Crippen molar-refractivity contribution in [3.8, 4) is 11.4 Å². The molecule has 1 aromatic carbocycles. The molecule has 3 heterocycles. The van der Waals surface area contributed by atoms with Gasteiger partial charge in [0, 0.05) is 34.8 Å². The summed E-state index contributed by atoms with van der Waals surface area (Å²) in [7, 11) is 2.03. The zero-order valence-electron chi connectivity index (χ0n) is 12.4. The van der Waals surface area contributed by atoms with Gasteiger partial charge in [0.15, 0.2) is 0 Å². The molecule has 0 N–H and O–H groups in total. The topological polar surface area (TPSA) is 61.4 Å². The van der Waals surface area contributed by atoms with Crippen LogP contribution >= 0.6 is 22.6 Å². The first-order valence-corrected chi connectivity index (χ1v) is 8.19. The van der Waals surface area contributed by atoms with Crippen LogP contribution in [0.25, 0.3) is 22.4 Å². The number of aromatic nitrogens is 6. The van der Waals surface area contributed by atoms with Crippen molar-refractivity contribution in [1.82, 2.24) is 29.5 Å². The third-order valence-electron chi connectivity index (χ3n) is 3.71. The van der Waals surface area contributed by atoms with Crippen molar-refractivity contribution in [2.24, 2.45) is 7.05 Å². The number of aryl methyl sites for hydroxylation is 1. The average Bonchev–Trinajstić information content (AvgIpc) is 3.16. The van der Waals surface area contributed by atoms with Crippen molar-refractivity contribution in [1.29, 1.82) is 0 Å². The molecule has 0 amide bonds. The standard InChI is InChI=1S/C16H13IN6/c1-22-15-7-13(17)2-3-14(15)20-16(22)12-6-11(8-18-9-12)10-23-5-4-19-21-23/h2-9H,10H2,1H3. The first kappa shape index (κ1) is 14.3. The Hall–Kier alpha value is -2.29. The summed E-state index contributed by atoms with van der Waals surface area (Å²) < 4.78 is 5.08. The second-order valence-electron chi connectivity index (χ2n) is 5.31. The predicted molar refractivity (Wildman–Crippen MR) is 95.8 cm³/mol. The number of imidazole rings is 1. The van der Waals surface area contributed by atoms with Gasteiger partial charge in [-0.05, 0) is 52.4 Å². The molecule has 0 unspecified atom stereocenters. The molecule has 7 heteroatoms. The minimum Gasteiger partial charge on any atom is -0.327 e. The van der Waals surface area contributed by atoms with Gasteiger partial charge in [-0.1, -0.05) is 5.21 Å². The Morgan fingerprint density at radius 1 is 1.17 bits per heavy atom. The lowest BCUT2D eigenvalue weighted by Gasteiger charge is -2.05. The number of benzene rings is 1. The monoisotopic (exact) mass is 416 g/mol. The fourth-order valence-electron chi connectivity index (χ4n) is 2.62. The predicted octanol–water partition coefficient (Wildman–Crippen LogP) is 2.88. The van der Waals surface area contributed by atoms with Crippen LogP contribution in [-0.4, -0.2) is 29.5 Å². The molecule has 0 fully saturated rings. The summed E-state index contributed by atoms with van der Waals surface area (Å²) in [6.45, 7) is 0.642. The van der Waals surface area contributed by atoms with Crippen LogP contribution in [0.1, 0.15) is 5.56 Å². The molecule has 114 valence electrons. The summed E-state index contributed by atoms with van der Waals surface area (Å²) in [4.78, 5) is 9.10. The van der Waals surface area contributed by atoms with Gasteiger partial charge in [0.05, 0.1) is 23.8 Å². The molecule has 0 aliphatic carbocycles. The van der Waals surface area contributed by atoms with Crippen LogP contribution in [0, 0.1) is 3.57 Å². The molecule has 0 aliphatic rings. The van der Waals surface area contributed by atoms with Crippen molar-refractivity contribution < 1.29 is 0 Å². The van der Waals surface area contributed by atoms with E-state index >= 15 is 0 Å². The Morgan fingerprint density at radius 2 is 2.09 bits per heavy atom. The van der Waals surface area contributed by atoms with E-state index in [0.29, 0.717) is 6.54 Å². The molecular weight excluding hydrogens is 403 g/mol. The SMILES string of the molecule is Cn1c(-c2cncc(Cn3ccnn3)c2)nc2ccc(I)cc21. The minimum atomic E-state index is 0.642. The first-order chi connectivity index (χ1) is 11.2. The Labute approximate surface area is 146 Å². The Balaban J connectivity index is 1.77. The van der Waals surface area contributed by atoms with Crippen LogP contribution in [0.4, 0.5) is 0 Å². The molecule has 6 nitrogen and oxygen atoms in total. The van der Waals surface area contributed by atoms with E-state index in [0.717, 1.165) is 28.0 Å². The van der Waals surface area contributed by atoms with E-state index in [9.17, 15) is 0 Å². The molecule has 4 rings (SSSR count). The van der Waals surface area contributed by atoms with Gasteiger partial charge in [-0.2, -0.15) is 0 Å². The van der Waals surface area contributed by atoms with Gasteiger partial charge >= 0.3 is 0 Å². The third-order valence-corrected chi connectivity index (χ3v) is 4.38. The van der Waals surface area contributed by atoms with Gasteiger partial charge in [-0.3, -0.25) is 4.98 Å². The number of rotatable bonds is 3. The molecule has 4 aromatic rings. The van der Waals surface area contributed by atoms with E-state index in [4.69, 9.17) is 4.98 Å².